The first-order valence-electron chi connectivity index (χ1n) is 5.16. The van der Waals surface area contributed by atoms with Crippen LogP contribution in [0.15, 0.2) is 0 Å². The Bertz CT molecular complexity index is 248. The normalized spacial score (nSPS) is 14.0. The van der Waals surface area contributed by atoms with Gasteiger partial charge >= 0.3 is 12.0 Å². The van der Waals surface area contributed by atoms with Gasteiger partial charge in [0.25, 0.3) is 0 Å². The molecule has 0 aromatic rings. The second-order valence-electron chi connectivity index (χ2n) is 3.69. The van der Waals surface area contributed by atoms with E-state index in [9.17, 15) is 9.59 Å². The maximum atomic E-state index is 11.5. The number of carbonyl (C=O) groups is 2. The highest BCUT2D eigenvalue weighted by molar-refractivity contribution is 7.99. The first-order valence-corrected chi connectivity index (χ1v) is 6.45. The molecular weight excluding hydrogens is 228 g/mol. The van der Waals surface area contributed by atoms with Crippen LogP contribution in [-0.4, -0.2) is 53.1 Å². The molecule has 0 rings (SSSR count). The number of urea groups is 1. The molecule has 0 aromatic heterocycles. The van der Waals surface area contributed by atoms with Crippen molar-refractivity contribution in [1.82, 2.24) is 10.2 Å². The maximum Gasteiger partial charge on any atom is 0.326 e. The molecule has 0 aliphatic heterocycles. The van der Waals surface area contributed by atoms with Gasteiger partial charge in [-0.3, -0.25) is 0 Å². The van der Waals surface area contributed by atoms with Gasteiger partial charge in [-0.05, 0) is 19.6 Å². The molecule has 5 nitrogen and oxygen atoms in total. The first-order chi connectivity index (χ1) is 7.40. The van der Waals surface area contributed by atoms with E-state index in [0.29, 0.717) is 11.8 Å². The Labute approximate surface area is 101 Å². The summed E-state index contributed by atoms with van der Waals surface area (Å²) in [6.07, 6.45) is 2.90. The van der Waals surface area contributed by atoms with Gasteiger partial charge in [-0.15, -0.1) is 0 Å². The molecular formula is C10H20N2O3S. The van der Waals surface area contributed by atoms with Crippen molar-refractivity contribution in [3.8, 4) is 0 Å². The fourth-order valence-corrected chi connectivity index (χ4v) is 1.32. The number of hydrogen-bond acceptors (Lipinski definition) is 3. The number of thioether (sulfide) groups is 1. The minimum Gasteiger partial charge on any atom is -0.480 e. The van der Waals surface area contributed by atoms with Gasteiger partial charge in [-0.25, -0.2) is 9.59 Å². The average Bonchev–Trinajstić information content (AvgIpc) is 2.26. The lowest BCUT2D eigenvalue weighted by Crippen LogP contribution is -2.46. The summed E-state index contributed by atoms with van der Waals surface area (Å²) in [5.74, 6) is -1.00. The van der Waals surface area contributed by atoms with Crippen molar-refractivity contribution in [2.24, 2.45) is 0 Å². The van der Waals surface area contributed by atoms with Crippen LogP contribution in [0, 0.1) is 0 Å². The molecule has 0 aliphatic carbocycles. The Morgan fingerprint density at radius 2 is 2.00 bits per heavy atom. The summed E-state index contributed by atoms with van der Waals surface area (Å²) in [6, 6.07) is -1.15. The molecule has 0 saturated carbocycles. The zero-order valence-corrected chi connectivity index (χ0v) is 11.0. The van der Waals surface area contributed by atoms with Crippen molar-refractivity contribution in [1.29, 1.82) is 0 Å². The largest absolute Gasteiger partial charge is 0.480 e. The maximum absolute atomic E-state index is 11.5. The quantitative estimate of drug-likeness (QED) is 0.742. The topological polar surface area (TPSA) is 69.6 Å². The average molecular weight is 248 g/mol. The van der Waals surface area contributed by atoms with Crippen LogP contribution >= 0.6 is 11.8 Å². The van der Waals surface area contributed by atoms with E-state index >= 15 is 0 Å². The first kappa shape index (κ1) is 15.1. The molecule has 0 radical (unpaired) electrons. The SMILES string of the molecule is CSC(C)CCNC(=O)N(C)C(C)C(=O)O. The molecule has 16 heavy (non-hydrogen) atoms. The van der Waals surface area contributed by atoms with Crippen molar-refractivity contribution in [2.75, 3.05) is 19.8 Å². The van der Waals surface area contributed by atoms with Gasteiger partial charge < -0.3 is 15.3 Å². The minimum atomic E-state index is -1.00. The lowest BCUT2D eigenvalue weighted by Gasteiger charge is -2.22. The van der Waals surface area contributed by atoms with E-state index in [4.69, 9.17) is 5.11 Å². The number of aliphatic carboxylic acids is 1. The summed E-state index contributed by atoms with van der Waals surface area (Å²) < 4.78 is 0. The second kappa shape index (κ2) is 7.38. The Balaban J connectivity index is 3.93. The number of carbonyl (C=O) groups excluding carboxylic acids is 1. The molecule has 2 unspecified atom stereocenters. The fourth-order valence-electron chi connectivity index (χ4n) is 0.966. The van der Waals surface area contributed by atoms with Gasteiger partial charge in [0, 0.05) is 18.8 Å². The lowest BCUT2D eigenvalue weighted by molar-refractivity contribution is -0.141. The summed E-state index contributed by atoms with van der Waals surface area (Å²) in [6.45, 7) is 4.13. The van der Waals surface area contributed by atoms with Crippen molar-refractivity contribution < 1.29 is 14.7 Å². The molecule has 0 fully saturated rings. The van der Waals surface area contributed by atoms with Crippen molar-refractivity contribution in [3.05, 3.63) is 0 Å². The highest BCUT2D eigenvalue weighted by Crippen LogP contribution is 2.08. The summed E-state index contributed by atoms with van der Waals surface area (Å²) in [5, 5.41) is 11.9. The molecule has 2 N–H and O–H groups in total. The van der Waals surface area contributed by atoms with E-state index in [0.717, 1.165) is 6.42 Å². The number of nitrogens with one attached hydrogen (secondary N) is 1. The molecule has 6 heteroatoms. The van der Waals surface area contributed by atoms with Crippen LogP contribution < -0.4 is 5.32 Å². The Kier molecular flexibility index (Phi) is 6.96. The number of carboxylic acids is 1. The van der Waals surface area contributed by atoms with E-state index < -0.39 is 12.0 Å². The van der Waals surface area contributed by atoms with Gasteiger partial charge in [0.2, 0.25) is 0 Å². The number of amides is 2. The third-order valence-electron chi connectivity index (χ3n) is 2.49. The highest BCUT2D eigenvalue weighted by Gasteiger charge is 2.21. The molecule has 94 valence electrons. The standard InChI is InChI=1S/C10H20N2O3S/c1-7(16-4)5-6-11-10(15)12(3)8(2)9(13)14/h7-8H,5-6H2,1-4H3,(H,11,15)(H,13,14). The number of likely N-dealkylation sites (N-methyl/N-ethyl adjacent to an activating group) is 1. The number of rotatable bonds is 6. The van der Waals surface area contributed by atoms with Crippen LogP contribution in [0.2, 0.25) is 0 Å². The number of hydrogen-bond donors (Lipinski definition) is 2. The van der Waals surface area contributed by atoms with Crippen molar-refractivity contribution in [2.45, 2.75) is 31.6 Å². The molecule has 0 bridgehead atoms. The van der Waals surface area contributed by atoms with Crippen LogP contribution in [0.5, 0.6) is 0 Å². The summed E-state index contributed by atoms with van der Waals surface area (Å²) in [7, 11) is 1.48. The zero-order valence-electron chi connectivity index (χ0n) is 10.2. The number of carboxylic acid groups (broad SMARTS) is 1. The Hall–Kier alpha value is -0.910. The molecule has 0 aliphatic rings. The van der Waals surface area contributed by atoms with Crippen LogP contribution in [0.25, 0.3) is 0 Å². The van der Waals surface area contributed by atoms with E-state index in [1.54, 1.807) is 11.8 Å². The van der Waals surface area contributed by atoms with Crippen LogP contribution in [0.3, 0.4) is 0 Å². The monoisotopic (exact) mass is 248 g/mol. The van der Waals surface area contributed by atoms with E-state index in [1.165, 1.54) is 18.9 Å². The van der Waals surface area contributed by atoms with E-state index in [1.807, 2.05) is 6.26 Å². The van der Waals surface area contributed by atoms with Crippen LogP contribution in [-0.2, 0) is 4.79 Å². The van der Waals surface area contributed by atoms with Gasteiger partial charge in [0.05, 0.1) is 0 Å². The second-order valence-corrected chi connectivity index (χ2v) is 4.97. The Morgan fingerprint density at radius 3 is 2.44 bits per heavy atom. The smallest absolute Gasteiger partial charge is 0.326 e. The summed E-state index contributed by atoms with van der Waals surface area (Å²) in [4.78, 5) is 23.3. The molecule has 2 amide bonds. The summed E-state index contributed by atoms with van der Waals surface area (Å²) in [5.41, 5.74) is 0. The molecule has 2 atom stereocenters. The van der Waals surface area contributed by atoms with Crippen LogP contribution in [0.1, 0.15) is 20.3 Å². The minimum absolute atomic E-state index is 0.344. The predicted octanol–water partition coefficient (Wildman–Crippen LogP) is 1.24. The molecule has 0 saturated heterocycles. The van der Waals surface area contributed by atoms with Gasteiger partial charge in [-0.2, -0.15) is 11.8 Å². The molecule has 0 aromatic carbocycles. The van der Waals surface area contributed by atoms with Crippen molar-refractivity contribution in [3.63, 3.8) is 0 Å². The van der Waals surface area contributed by atoms with E-state index in [-0.39, 0.29) is 6.03 Å². The summed E-state index contributed by atoms with van der Waals surface area (Å²) >= 11 is 1.74. The third-order valence-corrected chi connectivity index (χ3v) is 3.53. The van der Waals surface area contributed by atoms with Crippen molar-refractivity contribution >= 4 is 23.8 Å². The highest BCUT2D eigenvalue weighted by atomic mass is 32.2. The Morgan fingerprint density at radius 1 is 1.44 bits per heavy atom. The van der Waals surface area contributed by atoms with Gasteiger partial charge in [-0.1, -0.05) is 6.92 Å². The fraction of sp³-hybridized carbons (Fsp3) is 0.800. The third kappa shape index (κ3) is 5.25. The molecule has 0 spiro atoms. The number of nitrogens with zero attached hydrogens (tertiary/aromatic N) is 1. The zero-order chi connectivity index (χ0) is 12.7. The van der Waals surface area contributed by atoms with Gasteiger partial charge in [0.1, 0.15) is 6.04 Å². The molecule has 0 heterocycles. The predicted molar refractivity (Wildman–Crippen MR) is 65.9 cm³/mol. The van der Waals surface area contributed by atoms with Crippen LogP contribution in [0.4, 0.5) is 4.79 Å². The lowest BCUT2D eigenvalue weighted by atomic mass is 10.3. The van der Waals surface area contributed by atoms with E-state index in [2.05, 4.69) is 12.2 Å². The van der Waals surface area contributed by atoms with Gasteiger partial charge in [0.15, 0.2) is 0 Å².